The third-order valence-corrected chi connectivity index (χ3v) is 5.68. The highest BCUT2D eigenvalue weighted by atomic mass is 19.1. The lowest BCUT2D eigenvalue weighted by atomic mass is 10.1. The average Bonchev–Trinajstić information content (AvgIpc) is 3.29. The molecule has 2 aromatic rings. The Kier molecular flexibility index (Phi) is 7.61. The van der Waals surface area contributed by atoms with Gasteiger partial charge in [0.15, 0.2) is 5.75 Å². The molecule has 2 amide bonds. The Labute approximate surface area is 196 Å². The smallest absolute Gasteiger partial charge is 0.259 e. The van der Waals surface area contributed by atoms with Crippen LogP contribution in [0.15, 0.2) is 18.2 Å². The Balaban J connectivity index is 1.63. The first-order chi connectivity index (χ1) is 16.5. The SMILES string of the molecule is COc1c(C=C2C(=O)Nc3ccc(F)cc32)[nH]c(C)c1C(=O)N1CCOCCOCCOCC1. The normalized spacial score (nSPS) is 18.7. The first-order valence-corrected chi connectivity index (χ1v) is 11.1. The summed E-state index contributed by atoms with van der Waals surface area (Å²) in [4.78, 5) is 30.9. The molecule has 0 aliphatic carbocycles. The molecule has 9 nitrogen and oxygen atoms in total. The second-order valence-corrected chi connectivity index (χ2v) is 7.90. The van der Waals surface area contributed by atoms with Gasteiger partial charge in [-0.2, -0.15) is 0 Å². The molecule has 3 heterocycles. The van der Waals surface area contributed by atoms with E-state index in [2.05, 4.69) is 10.3 Å². The minimum Gasteiger partial charge on any atom is -0.494 e. The van der Waals surface area contributed by atoms with Crippen molar-refractivity contribution in [3.8, 4) is 5.75 Å². The topological polar surface area (TPSA) is 102 Å². The number of halogens is 1. The number of carbonyl (C=O) groups excluding carboxylic acids is 2. The number of H-pyrrole nitrogens is 1. The van der Waals surface area contributed by atoms with Gasteiger partial charge in [0.2, 0.25) is 0 Å². The molecule has 182 valence electrons. The molecule has 1 aromatic heterocycles. The highest BCUT2D eigenvalue weighted by Gasteiger charge is 2.29. The lowest BCUT2D eigenvalue weighted by Crippen LogP contribution is -2.37. The second-order valence-electron chi connectivity index (χ2n) is 7.90. The maximum absolute atomic E-state index is 13.8. The predicted molar refractivity (Wildman–Crippen MR) is 123 cm³/mol. The van der Waals surface area contributed by atoms with E-state index in [1.54, 1.807) is 17.9 Å². The monoisotopic (exact) mass is 473 g/mol. The molecule has 1 aromatic carbocycles. The van der Waals surface area contributed by atoms with Gasteiger partial charge in [-0.25, -0.2) is 4.39 Å². The van der Waals surface area contributed by atoms with Crippen LogP contribution in [0.1, 0.15) is 27.3 Å². The van der Waals surface area contributed by atoms with Gasteiger partial charge < -0.3 is 34.1 Å². The molecule has 1 saturated heterocycles. The lowest BCUT2D eigenvalue weighted by molar-refractivity contribution is -0.110. The standard InChI is InChI=1S/C24H28FN3O6/c1-15-21(24(30)28-5-7-32-9-11-34-12-10-33-8-6-28)22(31-2)20(26-15)14-18-17-13-16(25)3-4-19(17)27-23(18)29/h3-4,13-14,26H,5-12H2,1-2H3,(H,27,29). The van der Waals surface area contributed by atoms with E-state index in [1.807, 2.05) is 0 Å². The molecule has 0 radical (unpaired) electrons. The van der Waals surface area contributed by atoms with Crippen LogP contribution in [-0.4, -0.2) is 81.5 Å². The summed E-state index contributed by atoms with van der Waals surface area (Å²) in [7, 11) is 1.46. The van der Waals surface area contributed by atoms with Crippen molar-refractivity contribution in [2.45, 2.75) is 6.92 Å². The number of hydrogen-bond acceptors (Lipinski definition) is 6. The Bertz CT molecular complexity index is 1080. The molecule has 34 heavy (non-hydrogen) atoms. The van der Waals surface area contributed by atoms with E-state index in [0.717, 1.165) is 0 Å². The van der Waals surface area contributed by atoms with Crippen molar-refractivity contribution in [2.24, 2.45) is 0 Å². The van der Waals surface area contributed by atoms with Crippen molar-refractivity contribution in [1.82, 2.24) is 9.88 Å². The summed E-state index contributed by atoms with van der Waals surface area (Å²) >= 11 is 0. The van der Waals surface area contributed by atoms with E-state index < -0.39 is 5.82 Å². The van der Waals surface area contributed by atoms with Crippen LogP contribution in [0.25, 0.3) is 11.6 Å². The molecule has 0 unspecified atom stereocenters. The number of aryl methyl sites for hydroxylation is 1. The average molecular weight is 474 g/mol. The van der Waals surface area contributed by atoms with Crippen LogP contribution in [-0.2, 0) is 19.0 Å². The number of aromatic nitrogens is 1. The molecular weight excluding hydrogens is 445 g/mol. The number of nitrogens with one attached hydrogen (secondary N) is 2. The summed E-state index contributed by atoms with van der Waals surface area (Å²) in [5.41, 5.74) is 2.66. The fraction of sp³-hybridized carbons (Fsp3) is 0.417. The number of ether oxygens (including phenoxy) is 4. The van der Waals surface area contributed by atoms with Crippen molar-refractivity contribution < 1.29 is 32.9 Å². The predicted octanol–water partition coefficient (Wildman–Crippen LogP) is 2.47. The molecule has 0 atom stereocenters. The number of carbonyl (C=O) groups is 2. The van der Waals surface area contributed by atoms with Crippen LogP contribution in [0, 0.1) is 12.7 Å². The Morgan fingerprint density at radius 2 is 1.74 bits per heavy atom. The maximum atomic E-state index is 13.8. The summed E-state index contributed by atoms with van der Waals surface area (Å²) in [6, 6.07) is 4.10. The number of hydrogen-bond donors (Lipinski definition) is 2. The van der Waals surface area contributed by atoms with Crippen molar-refractivity contribution in [3.05, 3.63) is 46.5 Å². The highest BCUT2D eigenvalue weighted by Crippen LogP contribution is 2.36. The van der Waals surface area contributed by atoms with Crippen LogP contribution < -0.4 is 10.1 Å². The van der Waals surface area contributed by atoms with Crippen molar-refractivity contribution in [2.75, 3.05) is 65.2 Å². The zero-order valence-electron chi connectivity index (χ0n) is 19.2. The fourth-order valence-electron chi connectivity index (χ4n) is 4.01. The van der Waals surface area contributed by atoms with Crippen LogP contribution in [0.2, 0.25) is 0 Å². The minimum atomic E-state index is -0.446. The van der Waals surface area contributed by atoms with Crippen molar-refractivity contribution in [3.63, 3.8) is 0 Å². The first-order valence-electron chi connectivity index (χ1n) is 11.1. The summed E-state index contributed by atoms with van der Waals surface area (Å²) in [6.07, 6.45) is 1.58. The largest absolute Gasteiger partial charge is 0.494 e. The van der Waals surface area contributed by atoms with Crippen LogP contribution in [0.4, 0.5) is 10.1 Å². The Hall–Kier alpha value is -3.21. The molecule has 1 fully saturated rings. The summed E-state index contributed by atoms with van der Waals surface area (Å²) in [5, 5.41) is 2.72. The van der Waals surface area contributed by atoms with Crippen LogP contribution >= 0.6 is 0 Å². The molecule has 0 spiro atoms. The summed E-state index contributed by atoms with van der Waals surface area (Å²) in [6.45, 7) is 5.07. The Morgan fingerprint density at radius 3 is 2.38 bits per heavy atom. The maximum Gasteiger partial charge on any atom is 0.259 e. The number of aromatic amines is 1. The molecule has 0 bridgehead atoms. The summed E-state index contributed by atoms with van der Waals surface area (Å²) in [5.74, 6) is -0.728. The van der Waals surface area contributed by atoms with Gasteiger partial charge in [0.25, 0.3) is 11.8 Å². The van der Waals surface area contributed by atoms with E-state index in [0.29, 0.717) is 86.7 Å². The highest BCUT2D eigenvalue weighted by molar-refractivity contribution is 6.35. The Morgan fingerprint density at radius 1 is 1.09 bits per heavy atom. The van der Waals surface area contributed by atoms with Crippen molar-refractivity contribution >= 4 is 29.2 Å². The zero-order valence-corrected chi connectivity index (χ0v) is 19.2. The van der Waals surface area contributed by atoms with E-state index in [9.17, 15) is 14.0 Å². The third-order valence-electron chi connectivity index (χ3n) is 5.68. The number of nitrogens with zero attached hydrogens (tertiary/aromatic N) is 1. The quantitative estimate of drug-likeness (QED) is 0.664. The van der Waals surface area contributed by atoms with Gasteiger partial charge in [0.05, 0.1) is 58.0 Å². The number of amides is 2. The van der Waals surface area contributed by atoms with Gasteiger partial charge in [0.1, 0.15) is 11.4 Å². The van der Waals surface area contributed by atoms with Crippen LogP contribution in [0.3, 0.4) is 0 Å². The molecule has 2 aliphatic heterocycles. The van der Waals surface area contributed by atoms with E-state index in [-0.39, 0.29) is 17.4 Å². The van der Waals surface area contributed by atoms with Gasteiger partial charge in [-0.3, -0.25) is 9.59 Å². The minimum absolute atomic E-state index is 0.238. The number of methoxy groups -OCH3 is 1. The molecule has 2 aliphatic rings. The van der Waals surface area contributed by atoms with Gasteiger partial charge >= 0.3 is 0 Å². The molecule has 0 saturated carbocycles. The van der Waals surface area contributed by atoms with Gasteiger partial charge in [-0.15, -0.1) is 0 Å². The van der Waals surface area contributed by atoms with Gasteiger partial charge in [-0.05, 0) is 31.2 Å². The number of fused-ring (bicyclic) bond motifs is 1. The summed E-state index contributed by atoms with van der Waals surface area (Å²) < 4.78 is 35.9. The van der Waals surface area contributed by atoms with Crippen molar-refractivity contribution in [1.29, 1.82) is 0 Å². The third kappa shape index (κ3) is 5.14. The van der Waals surface area contributed by atoms with E-state index in [4.69, 9.17) is 18.9 Å². The fourth-order valence-corrected chi connectivity index (χ4v) is 4.01. The van der Waals surface area contributed by atoms with Gasteiger partial charge in [-0.1, -0.05) is 0 Å². The number of rotatable bonds is 3. The molecule has 4 rings (SSSR count). The van der Waals surface area contributed by atoms with E-state index >= 15 is 0 Å². The van der Waals surface area contributed by atoms with Gasteiger partial charge in [0, 0.05) is 30.0 Å². The number of anilines is 1. The first kappa shape index (κ1) is 23.9. The second kappa shape index (κ2) is 10.8. The van der Waals surface area contributed by atoms with E-state index in [1.165, 1.54) is 25.3 Å². The molecule has 10 heteroatoms. The van der Waals surface area contributed by atoms with Crippen LogP contribution in [0.5, 0.6) is 5.75 Å². The zero-order chi connectivity index (χ0) is 24.1. The lowest BCUT2D eigenvalue weighted by Gasteiger charge is -2.24. The number of benzene rings is 1. The molecule has 2 N–H and O–H groups in total. The molecular formula is C24H28FN3O6.